The summed E-state index contributed by atoms with van der Waals surface area (Å²) >= 11 is 2.22. The van der Waals surface area contributed by atoms with Gasteiger partial charge < -0.3 is 20.4 Å². The molecule has 0 unspecified atom stereocenters. The topological polar surface area (TPSA) is 72.8 Å². The molecule has 1 rings (SSSR count). The Labute approximate surface area is 85.4 Å². The number of nitrogens with one attached hydrogen (secondary N) is 1. The van der Waals surface area contributed by atoms with Crippen LogP contribution in [0.3, 0.4) is 0 Å². The van der Waals surface area contributed by atoms with Gasteiger partial charge in [0.05, 0.1) is 0 Å². The number of nitrogens with zero attached hydrogens (tertiary/aromatic N) is 1. The maximum atomic E-state index is 8.56. The van der Waals surface area contributed by atoms with Crippen molar-refractivity contribution < 1.29 is 33.2 Å². The van der Waals surface area contributed by atoms with E-state index in [2.05, 4.69) is 33.0 Å². The molecule has 0 saturated heterocycles. The van der Waals surface area contributed by atoms with Crippen LogP contribution in [0.5, 0.6) is 0 Å². The van der Waals surface area contributed by atoms with Gasteiger partial charge in [0, 0.05) is 0 Å². The van der Waals surface area contributed by atoms with Crippen molar-refractivity contribution in [1.82, 2.24) is 10.2 Å². The van der Waals surface area contributed by atoms with Crippen molar-refractivity contribution in [2.45, 2.75) is 0 Å². The van der Waals surface area contributed by atoms with Gasteiger partial charge in [-0.3, -0.25) is 0 Å². The number of halogens is 1. The first-order chi connectivity index (χ1) is 5.63. The fraction of sp³-hybridized carbons (Fsp3) is 0.200. The predicted molar refractivity (Wildman–Crippen MR) is 40.8 cm³/mol. The van der Waals surface area contributed by atoms with Crippen LogP contribution < -0.4 is 5.32 Å². The van der Waals surface area contributed by atoms with Gasteiger partial charge in [-0.2, -0.15) is 6.67 Å². The zero-order valence-corrected chi connectivity index (χ0v) is 8.49. The number of hydrogen-bond acceptors (Lipinski definition) is 3. The van der Waals surface area contributed by atoms with Crippen LogP contribution >= 0.6 is 9.53 Å². The molecule has 0 fully saturated rings. The zero-order valence-electron chi connectivity index (χ0n) is 6.18. The Bertz CT molecular complexity index is 141. The third kappa shape index (κ3) is 16.3. The van der Waals surface area contributed by atoms with Gasteiger partial charge >= 0.3 is 33.9 Å². The summed E-state index contributed by atoms with van der Waals surface area (Å²) in [6.45, 7) is 1.88. The standard InChI is InChI=1S/C4H7N2.CH2O3.ClH.Pd/c1-6-3-2-5-4-6;2-1(3)4;;/h2-5H,1H3;(H2,2,3,4);1H;/q-1;;;+2/p-1. The molecule has 74 valence electrons. The van der Waals surface area contributed by atoms with Gasteiger partial charge in [0.25, 0.3) is 0 Å². The summed E-state index contributed by atoms with van der Waals surface area (Å²) in [5, 5.41) is 16.8. The van der Waals surface area contributed by atoms with Gasteiger partial charge in [-0.05, 0) is 19.4 Å². The normalized spacial score (nSPS) is 11.8. The van der Waals surface area contributed by atoms with Crippen LogP contribution in [-0.2, 0) is 18.2 Å². The van der Waals surface area contributed by atoms with E-state index in [4.69, 9.17) is 15.0 Å². The predicted octanol–water partition coefficient (Wildman–Crippen LogP) is 1.02. The van der Waals surface area contributed by atoms with E-state index in [1.165, 1.54) is 0 Å². The Morgan fingerprint density at radius 2 is 2.08 bits per heavy atom. The molecule has 0 bridgehead atoms. The molecule has 0 aromatic heterocycles. The number of rotatable bonds is 0. The van der Waals surface area contributed by atoms with Crippen LogP contribution in [0.15, 0.2) is 12.4 Å². The average molecular weight is 287 g/mol. The third-order valence-electron chi connectivity index (χ3n) is 0.684. The van der Waals surface area contributed by atoms with E-state index in [-0.39, 0.29) is 0 Å². The number of hydrogen-bond donors (Lipinski definition) is 3. The first kappa shape index (κ1) is 14.1. The van der Waals surface area contributed by atoms with Gasteiger partial charge in [0.1, 0.15) is 0 Å². The Hall–Kier alpha value is -0.438. The number of carboxylic acid groups (broad SMARTS) is 2. The average Bonchev–Trinajstić information content (AvgIpc) is 2.43. The summed E-state index contributed by atoms with van der Waals surface area (Å²) in [7, 11) is 6.46. The van der Waals surface area contributed by atoms with Crippen molar-refractivity contribution in [1.29, 1.82) is 0 Å². The summed E-state index contributed by atoms with van der Waals surface area (Å²) in [5.41, 5.74) is 0. The summed E-state index contributed by atoms with van der Waals surface area (Å²) in [6, 6.07) is 0. The summed E-state index contributed by atoms with van der Waals surface area (Å²) < 4.78 is 0. The van der Waals surface area contributed by atoms with E-state index >= 15 is 0 Å². The van der Waals surface area contributed by atoms with Crippen LogP contribution in [-0.4, -0.2) is 28.3 Å². The Morgan fingerprint density at radius 1 is 1.67 bits per heavy atom. The maximum absolute atomic E-state index is 8.56. The molecule has 7 heteroatoms. The van der Waals surface area contributed by atoms with Crippen LogP contribution in [0.2, 0.25) is 0 Å². The fourth-order valence-corrected chi connectivity index (χ4v) is 0.364. The molecule has 1 aliphatic heterocycles. The van der Waals surface area contributed by atoms with Crippen molar-refractivity contribution in [3.8, 4) is 0 Å². The molecule has 5 nitrogen and oxygen atoms in total. The SMILES string of the molecule is CN1C=CN[CH-]1.O=C(O)O.[Cl][Pd+]. The molecule has 0 saturated carbocycles. The molecule has 3 N–H and O–H groups in total. The summed E-state index contributed by atoms with van der Waals surface area (Å²) in [4.78, 5) is 10.5. The molecular formula is C5H9ClN2O3Pd. The summed E-state index contributed by atoms with van der Waals surface area (Å²) in [6.07, 6.45) is 1.99. The van der Waals surface area contributed by atoms with Crippen LogP contribution in [0, 0.1) is 6.67 Å². The second-order valence-electron chi connectivity index (χ2n) is 1.56. The van der Waals surface area contributed by atoms with Gasteiger partial charge in [0.15, 0.2) is 0 Å². The molecule has 0 atom stereocenters. The minimum atomic E-state index is -1.83. The first-order valence-corrected chi connectivity index (χ1v) is 4.65. The van der Waals surface area contributed by atoms with Crippen molar-refractivity contribution in [3.05, 3.63) is 19.1 Å². The van der Waals surface area contributed by atoms with E-state index in [0.29, 0.717) is 0 Å². The van der Waals surface area contributed by atoms with E-state index in [9.17, 15) is 0 Å². The Morgan fingerprint density at radius 3 is 2.17 bits per heavy atom. The van der Waals surface area contributed by atoms with Crippen LogP contribution in [0.1, 0.15) is 0 Å². The molecule has 1 aliphatic rings. The van der Waals surface area contributed by atoms with Gasteiger partial charge in [-0.25, -0.2) is 4.79 Å². The minimum absolute atomic E-state index is 1.83. The zero-order chi connectivity index (χ0) is 9.98. The molecule has 12 heavy (non-hydrogen) atoms. The third-order valence-corrected chi connectivity index (χ3v) is 0.684. The second kappa shape index (κ2) is 10.6. The first-order valence-electron chi connectivity index (χ1n) is 2.65. The van der Waals surface area contributed by atoms with Crippen LogP contribution in [0.25, 0.3) is 0 Å². The molecule has 0 amide bonds. The van der Waals surface area contributed by atoms with Crippen molar-refractivity contribution in [2.24, 2.45) is 0 Å². The molecule has 0 aliphatic carbocycles. The molecule has 0 aromatic rings. The van der Waals surface area contributed by atoms with Crippen LogP contribution in [0.4, 0.5) is 4.79 Å². The molecule has 0 radical (unpaired) electrons. The fourth-order valence-electron chi connectivity index (χ4n) is 0.364. The van der Waals surface area contributed by atoms with Crippen molar-refractivity contribution >= 4 is 15.7 Å². The van der Waals surface area contributed by atoms with Gasteiger partial charge in [-0.1, -0.05) is 0 Å². The van der Waals surface area contributed by atoms with Crippen molar-refractivity contribution in [2.75, 3.05) is 7.05 Å². The Balaban J connectivity index is 0. The molecule has 1 heterocycles. The van der Waals surface area contributed by atoms with E-state index in [1.807, 2.05) is 31.0 Å². The van der Waals surface area contributed by atoms with E-state index in [0.717, 1.165) is 0 Å². The molecule has 0 spiro atoms. The monoisotopic (exact) mass is 286 g/mol. The second-order valence-corrected chi connectivity index (χ2v) is 1.56. The van der Waals surface area contributed by atoms with Gasteiger partial charge in [-0.15, -0.1) is 0 Å². The Kier molecular flexibility index (Phi) is 12.4. The molecular weight excluding hydrogens is 278 g/mol. The number of carbonyl (C=O) groups is 1. The quantitative estimate of drug-likeness (QED) is 0.458. The molecule has 0 aromatic carbocycles. The van der Waals surface area contributed by atoms with Gasteiger partial charge in [0.2, 0.25) is 0 Å². The van der Waals surface area contributed by atoms with Crippen molar-refractivity contribution in [3.63, 3.8) is 0 Å². The van der Waals surface area contributed by atoms with E-state index in [1.54, 1.807) is 0 Å². The van der Waals surface area contributed by atoms with E-state index < -0.39 is 6.16 Å². The summed E-state index contributed by atoms with van der Waals surface area (Å²) in [5.74, 6) is 0.